The predicted octanol–water partition coefficient (Wildman–Crippen LogP) is 2.99. The van der Waals surface area contributed by atoms with Crippen molar-refractivity contribution in [3.63, 3.8) is 0 Å². The van der Waals surface area contributed by atoms with Gasteiger partial charge in [-0.1, -0.05) is 48.5 Å². The fourth-order valence-electron chi connectivity index (χ4n) is 2.28. The Morgan fingerprint density at radius 2 is 1.48 bits per heavy atom. The molecule has 0 fully saturated rings. The summed E-state index contributed by atoms with van der Waals surface area (Å²) in [7, 11) is 1.68. The number of benzene rings is 2. The van der Waals surface area contributed by atoms with Gasteiger partial charge in [-0.3, -0.25) is 9.59 Å². The molecule has 0 bridgehead atoms. The van der Waals surface area contributed by atoms with E-state index in [0.717, 1.165) is 11.3 Å². The summed E-state index contributed by atoms with van der Waals surface area (Å²) in [6.07, 6.45) is 0. The van der Waals surface area contributed by atoms with Crippen molar-refractivity contribution in [2.75, 3.05) is 11.9 Å². The van der Waals surface area contributed by atoms with Crippen LogP contribution < -0.4 is 10.2 Å². The summed E-state index contributed by atoms with van der Waals surface area (Å²) in [6.45, 7) is 3.70. The molecule has 2 rings (SSSR count). The lowest BCUT2D eigenvalue weighted by molar-refractivity contribution is -0.139. The zero-order valence-corrected chi connectivity index (χ0v) is 13.7. The van der Waals surface area contributed by atoms with Gasteiger partial charge in [0.15, 0.2) is 0 Å². The number of para-hydroxylation sites is 1. The molecule has 23 heavy (non-hydrogen) atoms. The second-order valence-electron chi connectivity index (χ2n) is 5.99. The van der Waals surface area contributed by atoms with Gasteiger partial charge >= 0.3 is 0 Å². The highest BCUT2D eigenvalue weighted by Crippen LogP contribution is 2.23. The van der Waals surface area contributed by atoms with Gasteiger partial charge in [-0.25, -0.2) is 0 Å². The summed E-state index contributed by atoms with van der Waals surface area (Å²) < 4.78 is 0. The standard InChI is InChI=1S/C19H22N2O2/c1-19(2,17(22)20-14-15-10-6-4-7-11-15)18(23)21(3)16-12-8-5-9-13-16/h4-13H,14H2,1-3H3,(H,20,22). The molecule has 2 aromatic rings. The summed E-state index contributed by atoms with van der Waals surface area (Å²) in [6, 6.07) is 18.9. The lowest BCUT2D eigenvalue weighted by Gasteiger charge is -2.28. The maximum atomic E-state index is 12.7. The predicted molar refractivity (Wildman–Crippen MR) is 91.9 cm³/mol. The van der Waals surface area contributed by atoms with Gasteiger partial charge < -0.3 is 10.2 Å². The maximum absolute atomic E-state index is 12.7. The van der Waals surface area contributed by atoms with Gasteiger partial charge in [0.2, 0.25) is 11.8 Å². The SMILES string of the molecule is CN(C(=O)C(C)(C)C(=O)NCc1ccccc1)c1ccccc1. The first kappa shape index (κ1) is 16.7. The van der Waals surface area contributed by atoms with Crippen LogP contribution in [0.3, 0.4) is 0 Å². The molecule has 0 heterocycles. The van der Waals surface area contributed by atoms with Gasteiger partial charge in [0.1, 0.15) is 5.41 Å². The highest BCUT2D eigenvalue weighted by molar-refractivity contribution is 6.10. The molecular formula is C19H22N2O2. The van der Waals surface area contributed by atoms with Gasteiger partial charge in [0.25, 0.3) is 0 Å². The van der Waals surface area contributed by atoms with Crippen LogP contribution in [0.2, 0.25) is 0 Å². The highest BCUT2D eigenvalue weighted by atomic mass is 16.2. The van der Waals surface area contributed by atoms with Crippen molar-refractivity contribution in [3.8, 4) is 0 Å². The van der Waals surface area contributed by atoms with Crippen molar-refractivity contribution in [1.29, 1.82) is 0 Å². The first-order valence-electron chi connectivity index (χ1n) is 7.58. The lowest BCUT2D eigenvalue weighted by Crippen LogP contribution is -2.48. The van der Waals surface area contributed by atoms with E-state index in [-0.39, 0.29) is 11.8 Å². The number of amides is 2. The molecule has 1 N–H and O–H groups in total. The van der Waals surface area contributed by atoms with Crippen LogP contribution in [0.15, 0.2) is 60.7 Å². The number of hydrogen-bond donors (Lipinski definition) is 1. The number of nitrogens with zero attached hydrogens (tertiary/aromatic N) is 1. The van der Waals surface area contributed by atoms with Gasteiger partial charge in [0, 0.05) is 19.3 Å². The smallest absolute Gasteiger partial charge is 0.241 e. The molecule has 4 heteroatoms. The zero-order valence-electron chi connectivity index (χ0n) is 13.7. The van der Waals surface area contributed by atoms with Crippen molar-refractivity contribution in [2.45, 2.75) is 20.4 Å². The van der Waals surface area contributed by atoms with Crippen LogP contribution in [-0.4, -0.2) is 18.9 Å². The number of carbonyl (C=O) groups excluding carboxylic acids is 2. The molecule has 0 aliphatic heterocycles. The first-order valence-corrected chi connectivity index (χ1v) is 7.58. The average Bonchev–Trinajstić information content (AvgIpc) is 2.59. The molecule has 0 spiro atoms. The topological polar surface area (TPSA) is 49.4 Å². The molecular weight excluding hydrogens is 288 g/mol. The third-order valence-electron chi connectivity index (χ3n) is 3.85. The minimum atomic E-state index is -1.14. The Kier molecular flexibility index (Phi) is 5.16. The number of nitrogens with one attached hydrogen (secondary N) is 1. The van der Waals surface area contributed by atoms with E-state index in [1.165, 1.54) is 4.90 Å². The van der Waals surface area contributed by atoms with Crippen molar-refractivity contribution in [1.82, 2.24) is 5.32 Å². The normalized spacial score (nSPS) is 10.9. The van der Waals surface area contributed by atoms with Crippen LogP contribution in [0.1, 0.15) is 19.4 Å². The molecule has 0 saturated heterocycles. The van der Waals surface area contributed by atoms with Gasteiger partial charge in [-0.2, -0.15) is 0 Å². The Labute approximate surface area is 137 Å². The number of hydrogen-bond acceptors (Lipinski definition) is 2. The molecule has 2 aromatic carbocycles. The molecule has 4 nitrogen and oxygen atoms in total. The van der Waals surface area contributed by atoms with E-state index >= 15 is 0 Å². The van der Waals surface area contributed by atoms with E-state index in [9.17, 15) is 9.59 Å². The number of carbonyl (C=O) groups is 2. The van der Waals surface area contributed by atoms with Crippen LogP contribution >= 0.6 is 0 Å². The molecule has 0 aromatic heterocycles. The molecule has 0 aliphatic rings. The molecule has 0 saturated carbocycles. The number of rotatable bonds is 5. The Morgan fingerprint density at radius 1 is 0.957 bits per heavy atom. The number of anilines is 1. The van der Waals surface area contributed by atoms with Crippen molar-refractivity contribution in [3.05, 3.63) is 66.2 Å². The summed E-state index contributed by atoms with van der Waals surface area (Å²) in [4.78, 5) is 26.7. The van der Waals surface area contributed by atoms with Crippen molar-refractivity contribution < 1.29 is 9.59 Å². The van der Waals surface area contributed by atoms with E-state index in [0.29, 0.717) is 6.54 Å². The molecule has 2 amide bonds. The summed E-state index contributed by atoms with van der Waals surface area (Å²) >= 11 is 0. The monoisotopic (exact) mass is 310 g/mol. The third kappa shape index (κ3) is 3.97. The third-order valence-corrected chi connectivity index (χ3v) is 3.85. The van der Waals surface area contributed by atoms with Crippen LogP contribution in [0.4, 0.5) is 5.69 Å². The Balaban J connectivity index is 2.04. The Hall–Kier alpha value is -2.62. The molecule has 120 valence electrons. The van der Waals surface area contributed by atoms with Crippen LogP contribution in [-0.2, 0) is 16.1 Å². The van der Waals surface area contributed by atoms with Crippen LogP contribution in [0.25, 0.3) is 0 Å². The second kappa shape index (κ2) is 7.09. The van der Waals surface area contributed by atoms with E-state index in [1.807, 2.05) is 60.7 Å². The summed E-state index contributed by atoms with van der Waals surface area (Å²) in [5, 5.41) is 2.84. The molecule has 0 radical (unpaired) electrons. The molecule has 0 atom stereocenters. The van der Waals surface area contributed by atoms with Gasteiger partial charge in [-0.15, -0.1) is 0 Å². The molecule has 0 unspecified atom stereocenters. The fraction of sp³-hybridized carbons (Fsp3) is 0.263. The van der Waals surface area contributed by atoms with Gasteiger partial charge in [-0.05, 0) is 31.5 Å². The van der Waals surface area contributed by atoms with Crippen molar-refractivity contribution >= 4 is 17.5 Å². The largest absolute Gasteiger partial charge is 0.351 e. The van der Waals surface area contributed by atoms with Crippen molar-refractivity contribution in [2.24, 2.45) is 5.41 Å². The van der Waals surface area contributed by atoms with Crippen LogP contribution in [0, 0.1) is 5.41 Å². The van der Waals surface area contributed by atoms with E-state index in [1.54, 1.807) is 20.9 Å². The minimum Gasteiger partial charge on any atom is -0.351 e. The fourth-order valence-corrected chi connectivity index (χ4v) is 2.28. The maximum Gasteiger partial charge on any atom is 0.241 e. The van der Waals surface area contributed by atoms with E-state index in [2.05, 4.69) is 5.32 Å². The second-order valence-corrected chi connectivity index (χ2v) is 5.99. The van der Waals surface area contributed by atoms with E-state index in [4.69, 9.17) is 0 Å². The van der Waals surface area contributed by atoms with Crippen LogP contribution in [0.5, 0.6) is 0 Å². The Bertz CT molecular complexity index is 666. The Morgan fingerprint density at radius 3 is 2.04 bits per heavy atom. The van der Waals surface area contributed by atoms with E-state index < -0.39 is 5.41 Å². The summed E-state index contributed by atoms with van der Waals surface area (Å²) in [5.74, 6) is -0.525. The molecule has 0 aliphatic carbocycles. The quantitative estimate of drug-likeness (QED) is 0.863. The summed E-state index contributed by atoms with van der Waals surface area (Å²) in [5.41, 5.74) is 0.626. The zero-order chi connectivity index (χ0) is 16.9. The highest BCUT2D eigenvalue weighted by Gasteiger charge is 2.38. The minimum absolute atomic E-state index is 0.241. The van der Waals surface area contributed by atoms with Gasteiger partial charge in [0.05, 0.1) is 0 Å². The first-order chi connectivity index (χ1) is 10.9. The average molecular weight is 310 g/mol. The lowest BCUT2D eigenvalue weighted by atomic mass is 9.90.